The number of aliphatic hydroxyl groups is 1. The Labute approximate surface area is 89.5 Å². The van der Waals surface area contributed by atoms with Crippen molar-refractivity contribution in [2.24, 2.45) is 11.7 Å². The molecular weight excluding hydrogens is 194 g/mol. The third kappa shape index (κ3) is 3.33. The van der Waals surface area contributed by atoms with Crippen LogP contribution in [0.2, 0.25) is 0 Å². The first-order chi connectivity index (χ1) is 6.77. The molecule has 2 nitrogen and oxygen atoms in total. The molecule has 0 aliphatic rings. The standard InChI is InChI=1S/C11H17NOS/c1-9(7-13)8-14-11-5-3-2-4-10(11)6-12/h2-5,9,13H,6-8,12H2,1H3. The second-order valence-corrected chi connectivity index (χ2v) is 4.47. The average molecular weight is 211 g/mol. The average Bonchev–Trinajstić information content (AvgIpc) is 2.26. The minimum atomic E-state index is 0.248. The van der Waals surface area contributed by atoms with Crippen molar-refractivity contribution in [1.82, 2.24) is 0 Å². The Bertz CT molecular complexity index is 278. The van der Waals surface area contributed by atoms with Crippen LogP contribution in [0.25, 0.3) is 0 Å². The van der Waals surface area contributed by atoms with Crippen LogP contribution >= 0.6 is 11.8 Å². The van der Waals surface area contributed by atoms with Crippen molar-refractivity contribution < 1.29 is 5.11 Å². The summed E-state index contributed by atoms with van der Waals surface area (Å²) in [4.78, 5) is 1.23. The van der Waals surface area contributed by atoms with Crippen LogP contribution in [0.1, 0.15) is 12.5 Å². The molecule has 0 heterocycles. The number of thioether (sulfide) groups is 1. The molecule has 0 saturated heterocycles. The maximum Gasteiger partial charge on any atom is 0.0464 e. The molecule has 3 heteroatoms. The Morgan fingerprint density at radius 3 is 2.79 bits per heavy atom. The lowest BCUT2D eigenvalue weighted by Crippen LogP contribution is -2.04. The van der Waals surface area contributed by atoms with Crippen molar-refractivity contribution >= 4 is 11.8 Å². The summed E-state index contributed by atoms with van der Waals surface area (Å²) in [6.07, 6.45) is 0. The molecule has 0 radical (unpaired) electrons. The molecular formula is C11H17NOS. The molecule has 78 valence electrons. The third-order valence-electron chi connectivity index (χ3n) is 2.03. The van der Waals surface area contributed by atoms with Crippen molar-refractivity contribution in [3.8, 4) is 0 Å². The maximum absolute atomic E-state index is 8.90. The van der Waals surface area contributed by atoms with Crippen LogP contribution in [-0.2, 0) is 6.54 Å². The number of benzene rings is 1. The summed E-state index contributed by atoms with van der Waals surface area (Å²) >= 11 is 1.76. The Morgan fingerprint density at radius 1 is 1.43 bits per heavy atom. The van der Waals surface area contributed by atoms with E-state index in [1.807, 2.05) is 25.1 Å². The summed E-state index contributed by atoms with van der Waals surface area (Å²) in [5.41, 5.74) is 6.81. The van der Waals surface area contributed by atoms with E-state index < -0.39 is 0 Å². The zero-order valence-electron chi connectivity index (χ0n) is 8.44. The highest BCUT2D eigenvalue weighted by atomic mass is 32.2. The molecule has 1 rings (SSSR count). The molecule has 1 atom stereocenters. The van der Waals surface area contributed by atoms with Gasteiger partial charge in [-0.05, 0) is 17.5 Å². The van der Waals surface area contributed by atoms with Crippen LogP contribution < -0.4 is 5.73 Å². The zero-order valence-corrected chi connectivity index (χ0v) is 9.26. The number of rotatable bonds is 5. The van der Waals surface area contributed by atoms with E-state index in [0.29, 0.717) is 12.5 Å². The monoisotopic (exact) mass is 211 g/mol. The summed E-state index contributed by atoms with van der Waals surface area (Å²) in [5.74, 6) is 1.28. The van der Waals surface area contributed by atoms with Crippen LogP contribution in [0.5, 0.6) is 0 Å². The first-order valence-electron chi connectivity index (χ1n) is 4.79. The summed E-state index contributed by atoms with van der Waals surface area (Å²) in [6.45, 7) is 2.87. The van der Waals surface area contributed by atoms with Gasteiger partial charge in [0.15, 0.2) is 0 Å². The van der Waals surface area contributed by atoms with E-state index in [-0.39, 0.29) is 6.61 Å². The van der Waals surface area contributed by atoms with Gasteiger partial charge in [-0.2, -0.15) is 0 Å². The summed E-state index contributed by atoms with van der Waals surface area (Å²) in [5, 5.41) is 8.90. The largest absolute Gasteiger partial charge is 0.396 e. The summed E-state index contributed by atoms with van der Waals surface area (Å²) in [6, 6.07) is 8.15. The van der Waals surface area contributed by atoms with Gasteiger partial charge in [0.2, 0.25) is 0 Å². The van der Waals surface area contributed by atoms with E-state index in [1.54, 1.807) is 11.8 Å². The fourth-order valence-corrected chi connectivity index (χ4v) is 2.18. The number of hydrogen-bond donors (Lipinski definition) is 2. The minimum Gasteiger partial charge on any atom is -0.396 e. The molecule has 0 aromatic heterocycles. The van der Waals surface area contributed by atoms with Crippen molar-refractivity contribution in [2.45, 2.75) is 18.4 Å². The number of nitrogens with two attached hydrogens (primary N) is 1. The van der Waals surface area contributed by atoms with E-state index in [0.717, 1.165) is 5.75 Å². The van der Waals surface area contributed by atoms with E-state index in [1.165, 1.54) is 10.5 Å². The van der Waals surface area contributed by atoms with Crippen molar-refractivity contribution in [1.29, 1.82) is 0 Å². The van der Waals surface area contributed by atoms with Crippen LogP contribution in [-0.4, -0.2) is 17.5 Å². The lowest BCUT2D eigenvalue weighted by molar-refractivity contribution is 0.250. The normalized spacial score (nSPS) is 12.8. The van der Waals surface area contributed by atoms with Gasteiger partial charge in [0.05, 0.1) is 0 Å². The Balaban J connectivity index is 2.57. The smallest absolute Gasteiger partial charge is 0.0464 e. The Kier molecular flexibility index (Phi) is 5.01. The first-order valence-corrected chi connectivity index (χ1v) is 5.78. The van der Waals surface area contributed by atoms with Gasteiger partial charge < -0.3 is 10.8 Å². The molecule has 0 amide bonds. The lowest BCUT2D eigenvalue weighted by atomic mass is 10.2. The molecule has 0 fully saturated rings. The third-order valence-corrected chi connectivity index (χ3v) is 3.47. The minimum absolute atomic E-state index is 0.248. The van der Waals surface area contributed by atoms with Gasteiger partial charge in [-0.1, -0.05) is 25.1 Å². The molecule has 1 aromatic rings. The first kappa shape index (κ1) is 11.6. The predicted octanol–water partition coefficient (Wildman–Crippen LogP) is 1.87. The van der Waals surface area contributed by atoms with Gasteiger partial charge in [-0.25, -0.2) is 0 Å². The van der Waals surface area contributed by atoms with Crippen molar-refractivity contribution in [3.05, 3.63) is 29.8 Å². The second-order valence-electron chi connectivity index (χ2n) is 3.41. The van der Waals surface area contributed by atoms with Gasteiger partial charge in [0, 0.05) is 23.8 Å². The predicted molar refractivity (Wildman–Crippen MR) is 61.3 cm³/mol. The number of aliphatic hydroxyl groups excluding tert-OH is 1. The topological polar surface area (TPSA) is 46.2 Å². The summed E-state index contributed by atoms with van der Waals surface area (Å²) in [7, 11) is 0. The van der Waals surface area contributed by atoms with E-state index >= 15 is 0 Å². The zero-order chi connectivity index (χ0) is 10.4. The molecule has 1 aromatic carbocycles. The molecule has 3 N–H and O–H groups in total. The number of hydrogen-bond acceptors (Lipinski definition) is 3. The maximum atomic E-state index is 8.90. The van der Waals surface area contributed by atoms with Crippen molar-refractivity contribution in [2.75, 3.05) is 12.4 Å². The highest BCUT2D eigenvalue weighted by molar-refractivity contribution is 7.99. The molecule has 0 spiro atoms. The molecule has 0 bridgehead atoms. The molecule has 0 saturated carbocycles. The van der Waals surface area contributed by atoms with Gasteiger partial charge in [-0.3, -0.25) is 0 Å². The van der Waals surface area contributed by atoms with E-state index in [9.17, 15) is 0 Å². The summed E-state index contributed by atoms with van der Waals surface area (Å²) < 4.78 is 0. The Hall–Kier alpha value is -0.510. The van der Waals surface area contributed by atoms with Crippen LogP contribution in [0.15, 0.2) is 29.2 Å². The second kappa shape index (κ2) is 6.06. The Morgan fingerprint density at radius 2 is 2.14 bits per heavy atom. The van der Waals surface area contributed by atoms with Gasteiger partial charge >= 0.3 is 0 Å². The van der Waals surface area contributed by atoms with E-state index in [4.69, 9.17) is 10.8 Å². The van der Waals surface area contributed by atoms with Crippen LogP contribution in [0.3, 0.4) is 0 Å². The molecule has 1 unspecified atom stereocenters. The van der Waals surface area contributed by atoms with Crippen LogP contribution in [0, 0.1) is 5.92 Å². The SMILES string of the molecule is CC(CO)CSc1ccccc1CN. The molecule has 0 aliphatic heterocycles. The van der Waals surface area contributed by atoms with Crippen molar-refractivity contribution in [3.63, 3.8) is 0 Å². The lowest BCUT2D eigenvalue weighted by Gasteiger charge is -2.09. The highest BCUT2D eigenvalue weighted by Crippen LogP contribution is 2.24. The molecule has 14 heavy (non-hydrogen) atoms. The fraction of sp³-hybridized carbons (Fsp3) is 0.455. The van der Waals surface area contributed by atoms with E-state index in [2.05, 4.69) is 6.07 Å². The van der Waals surface area contributed by atoms with Crippen LogP contribution in [0.4, 0.5) is 0 Å². The fourth-order valence-electron chi connectivity index (χ4n) is 1.10. The van der Waals surface area contributed by atoms with Gasteiger partial charge in [-0.15, -0.1) is 11.8 Å². The van der Waals surface area contributed by atoms with Gasteiger partial charge in [0.1, 0.15) is 0 Å². The highest BCUT2D eigenvalue weighted by Gasteiger charge is 2.04. The van der Waals surface area contributed by atoms with Gasteiger partial charge in [0.25, 0.3) is 0 Å². The quantitative estimate of drug-likeness (QED) is 0.731. The molecule has 0 aliphatic carbocycles.